The molecular weight excluding hydrogens is 138 g/mol. The quantitative estimate of drug-likeness (QED) is 0.527. The van der Waals surface area contributed by atoms with Gasteiger partial charge in [-0.05, 0) is 19.8 Å². The lowest BCUT2D eigenvalue weighted by Gasteiger charge is -2.29. The molecule has 0 saturated carbocycles. The van der Waals surface area contributed by atoms with Gasteiger partial charge in [0.05, 0.1) is 0 Å². The molecule has 0 bridgehead atoms. The number of amides is 1. The zero-order valence-corrected chi connectivity index (χ0v) is 8.05. The molecule has 0 aromatic heterocycles. The maximum absolute atomic E-state index is 10.9. The maximum atomic E-state index is 10.9. The predicted molar refractivity (Wildman–Crippen MR) is 47.4 cm³/mol. The summed E-state index contributed by atoms with van der Waals surface area (Å²) in [4.78, 5) is 12.8. The van der Waals surface area contributed by atoms with Gasteiger partial charge in [-0.3, -0.25) is 4.79 Å². The minimum absolute atomic E-state index is 0.300. The highest BCUT2D eigenvalue weighted by atomic mass is 16.2. The number of rotatable bonds is 0. The third-order valence-corrected chi connectivity index (χ3v) is 2.07. The highest BCUT2D eigenvalue weighted by Crippen LogP contribution is 2.14. The molecule has 0 radical (unpaired) electrons. The van der Waals surface area contributed by atoms with Crippen molar-refractivity contribution >= 4 is 5.91 Å². The third kappa shape index (κ3) is 2.91. The van der Waals surface area contributed by atoms with Crippen LogP contribution in [-0.4, -0.2) is 23.9 Å². The Kier molecular flexibility index (Phi) is 4.92. The Morgan fingerprint density at radius 3 is 2.36 bits per heavy atom. The summed E-state index contributed by atoms with van der Waals surface area (Å²) in [5, 5.41) is 0. The largest absolute Gasteiger partial charge is 0.343 e. The van der Waals surface area contributed by atoms with Gasteiger partial charge in [-0.2, -0.15) is 0 Å². The van der Waals surface area contributed by atoms with E-state index in [1.807, 2.05) is 25.8 Å². The van der Waals surface area contributed by atoms with Crippen molar-refractivity contribution in [2.24, 2.45) is 0 Å². The summed E-state index contributed by atoms with van der Waals surface area (Å²) < 4.78 is 0. The van der Waals surface area contributed by atoms with Gasteiger partial charge < -0.3 is 4.90 Å². The van der Waals surface area contributed by atoms with E-state index in [1.165, 1.54) is 6.42 Å². The first-order valence-electron chi connectivity index (χ1n) is 4.47. The molecule has 11 heavy (non-hydrogen) atoms. The van der Waals surface area contributed by atoms with E-state index >= 15 is 0 Å². The Bertz CT molecular complexity index is 123. The molecule has 1 saturated heterocycles. The van der Waals surface area contributed by atoms with Gasteiger partial charge in [-0.1, -0.05) is 13.8 Å². The van der Waals surface area contributed by atoms with Crippen LogP contribution in [0.15, 0.2) is 0 Å². The van der Waals surface area contributed by atoms with Gasteiger partial charge in [0.2, 0.25) is 5.91 Å². The van der Waals surface area contributed by atoms with Crippen molar-refractivity contribution in [1.29, 1.82) is 0 Å². The van der Waals surface area contributed by atoms with Crippen LogP contribution in [0.5, 0.6) is 0 Å². The lowest BCUT2D eigenvalue weighted by atomic mass is 10.0. The van der Waals surface area contributed by atoms with Gasteiger partial charge >= 0.3 is 0 Å². The summed E-state index contributed by atoms with van der Waals surface area (Å²) in [5.41, 5.74) is 0. The molecule has 0 aromatic rings. The number of hydrogen-bond donors (Lipinski definition) is 0. The Balaban J connectivity index is 0.000000461. The van der Waals surface area contributed by atoms with Gasteiger partial charge in [0, 0.05) is 19.5 Å². The van der Waals surface area contributed by atoms with Gasteiger partial charge in [-0.25, -0.2) is 0 Å². The standard InChI is InChI=1S/C7H13NO.C2H6/c1-6-4-3-5-7(9)8(6)2;1-2/h6H,3-5H2,1-2H3;1-2H3/t6-;/m0./s1. The first-order chi connectivity index (χ1) is 5.22. The Morgan fingerprint density at radius 2 is 2.00 bits per heavy atom. The molecule has 1 aliphatic rings. The highest BCUT2D eigenvalue weighted by Gasteiger charge is 2.19. The molecule has 2 heteroatoms. The van der Waals surface area contributed by atoms with Crippen molar-refractivity contribution in [3.05, 3.63) is 0 Å². The normalized spacial score (nSPS) is 24.2. The van der Waals surface area contributed by atoms with Crippen LogP contribution in [0.3, 0.4) is 0 Å². The number of likely N-dealkylation sites (tertiary alicyclic amines) is 1. The van der Waals surface area contributed by atoms with Crippen molar-refractivity contribution in [3.63, 3.8) is 0 Å². The van der Waals surface area contributed by atoms with E-state index in [4.69, 9.17) is 0 Å². The summed E-state index contributed by atoms with van der Waals surface area (Å²) in [6.07, 6.45) is 2.99. The van der Waals surface area contributed by atoms with Crippen molar-refractivity contribution in [2.75, 3.05) is 7.05 Å². The number of carbonyl (C=O) groups is 1. The second kappa shape index (κ2) is 5.16. The van der Waals surface area contributed by atoms with Crippen LogP contribution >= 0.6 is 0 Å². The second-order valence-electron chi connectivity index (χ2n) is 2.75. The number of carbonyl (C=O) groups excluding carboxylic acids is 1. The summed E-state index contributed by atoms with van der Waals surface area (Å²) in [5.74, 6) is 0.300. The Labute approximate surface area is 69.6 Å². The first kappa shape index (κ1) is 10.5. The first-order valence-corrected chi connectivity index (χ1v) is 4.47. The van der Waals surface area contributed by atoms with Gasteiger partial charge in [0.15, 0.2) is 0 Å². The topological polar surface area (TPSA) is 20.3 Å². The second-order valence-corrected chi connectivity index (χ2v) is 2.75. The molecule has 1 heterocycles. The van der Waals surface area contributed by atoms with Crippen molar-refractivity contribution < 1.29 is 4.79 Å². The molecule has 1 rings (SSSR count). The summed E-state index contributed by atoms with van der Waals surface area (Å²) in [6.45, 7) is 6.09. The van der Waals surface area contributed by atoms with E-state index in [0.29, 0.717) is 11.9 Å². The molecule has 1 amide bonds. The van der Waals surface area contributed by atoms with Gasteiger partial charge in [0.25, 0.3) is 0 Å². The zero-order valence-electron chi connectivity index (χ0n) is 8.05. The van der Waals surface area contributed by atoms with E-state index in [0.717, 1.165) is 12.8 Å². The Hall–Kier alpha value is -0.530. The number of nitrogens with zero attached hydrogens (tertiary/aromatic N) is 1. The van der Waals surface area contributed by atoms with Crippen LogP contribution in [0.4, 0.5) is 0 Å². The molecule has 1 aliphatic heterocycles. The molecule has 0 aromatic carbocycles. The molecule has 2 nitrogen and oxygen atoms in total. The fourth-order valence-corrected chi connectivity index (χ4v) is 1.16. The zero-order chi connectivity index (χ0) is 8.85. The average molecular weight is 157 g/mol. The molecular formula is C9H19NO. The summed E-state index contributed by atoms with van der Waals surface area (Å²) in [7, 11) is 1.88. The smallest absolute Gasteiger partial charge is 0.222 e. The Morgan fingerprint density at radius 1 is 1.45 bits per heavy atom. The van der Waals surface area contributed by atoms with E-state index in [-0.39, 0.29) is 0 Å². The molecule has 0 N–H and O–H groups in total. The molecule has 0 unspecified atom stereocenters. The highest BCUT2D eigenvalue weighted by molar-refractivity contribution is 5.76. The van der Waals surface area contributed by atoms with Crippen LogP contribution < -0.4 is 0 Å². The summed E-state index contributed by atoms with van der Waals surface area (Å²) in [6, 6.07) is 0.464. The van der Waals surface area contributed by atoms with Crippen molar-refractivity contribution in [1.82, 2.24) is 4.90 Å². The van der Waals surface area contributed by atoms with Gasteiger partial charge in [-0.15, -0.1) is 0 Å². The fourth-order valence-electron chi connectivity index (χ4n) is 1.16. The average Bonchev–Trinajstić information content (AvgIpc) is 2.04. The number of piperidine rings is 1. The van der Waals surface area contributed by atoms with Crippen LogP contribution in [0, 0.1) is 0 Å². The predicted octanol–water partition coefficient (Wildman–Crippen LogP) is 2.04. The van der Waals surface area contributed by atoms with Crippen LogP contribution in [-0.2, 0) is 4.79 Å². The fraction of sp³-hybridized carbons (Fsp3) is 0.889. The van der Waals surface area contributed by atoms with E-state index in [9.17, 15) is 4.79 Å². The van der Waals surface area contributed by atoms with E-state index in [2.05, 4.69) is 6.92 Å². The minimum Gasteiger partial charge on any atom is -0.343 e. The maximum Gasteiger partial charge on any atom is 0.222 e. The molecule has 66 valence electrons. The minimum atomic E-state index is 0.300. The lowest BCUT2D eigenvalue weighted by molar-refractivity contribution is -0.134. The van der Waals surface area contributed by atoms with E-state index < -0.39 is 0 Å². The van der Waals surface area contributed by atoms with Crippen LogP contribution in [0.1, 0.15) is 40.0 Å². The monoisotopic (exact) mass is 157 g/mol. The molecule has 0 aliphatic carbocycles. The third-order valence-electron chi connectivity index (χ3n) is 2.07. The van der Waals surface area contributed by atoms with Crippen molar-refractivity contribution in [3.8, 4) is 0 Å². The van der Waals surface area contributed by atoms with Crippen molar-refractivity contribution in [2.45, 2.75) is 46.1 Å². The molecule has 0 spiro atoms. The number of hydrogen-bond acceptors (Lipinski definition) is 1. The van der Waals surface area contributed by atoms with Gasteiger partial charge in [0.1, 0.15) is 0 Å². The van der Waals surface area contributed by atoms with Crippen LogP contribution in [0.25, 0.3) is 0 Å². The lowest BCUT2D eigenvalue weighted by Crippen LogP contribution is -2.38. The van der Waals surface area contributed by atoms with E-state index in [1.54, 1.807) is 0 Å². The van der Waals surface area contributed by atoms with Crippen LogP contribution in [0.2, 0.25) is 0 Å². The SMILES string of the molecule is CC.C[C@H]1CCCC(=O)N1C. The summed E-state index contributed by atoms with van der Waals surface area (Å²) >= 11 is 0. The molecule has 1 atom stereocenters. The molecule has 1 fully saturated rings.